The second kappa shape index (κ2) is 36.0. The minimum absolute atomic E-state index is 0.0229. The summed E-state index contributed by atoms with van der Waals surface area (Å²) in [6.45, 7) is 0. The van der Waals surface area contributed by atoms with Crippen molar-refractivity contribution in [3.05, 3.63) is 214 Å². The van der Waals surface area contributed by atoms with E-state index in [0.29, 0.717) is 46.6 Å². The van der Waals surface area contributed by atoms with Gasteiger partial charge in [-0.15, -0.1) is 0 Å². The largest absolute Gasteiger partial charge is 0.481 e. The van der Waals surface area contributed by atoms with Crippen molar-refractivity contribution in [1.29, 1.82) is 10.5 Å². The molecule has 0 atom stereocenters. The van der Waals surface area contributed by atoms with Crippen LogP contribution >= 0.6 is 31.9 Å². The fraction of sp³-hybridized carbons (Fsp3) is 0.419. The molecule has 5 aliphatic carbocycles. The van der Waals surface area contributed by atoms with Crippen molar-refractivity contribution in [3.63, 3.8) is 0 Å². The lowest BCUT2D eigenvalue weighted by Gasteiger charge is -2.51. The van der Waals surface area contributed by atoms with Gasteiger partial charge >= 0.3 is 23.9 Å². The van der Waals surface area contributed by atoms with E-state index in [0.717, 1.165) is 42.5 Å². The lowest BCUT2D eigenvalue weighted by molar-refractivity contribution is -0.277. The summed E-state index contributed by atoms with van der Waals surface area (Å²) >= 11 is 6.55. The van der Waals surface area contributed by atoms with E-state index in [-0.39, 0.29) is 60.3 Å². The summed E-state index contributed by atoms with van der Waals surface area (Å²) in [4.78, 5) is 57.0. The Labute approximate surface area is 605 Å². The lowest BCUT2D eigenvalue weighted by Crippen LogP contribution is -2.60. The average molecular weight is 1580 g/mol. The molecule has 0 heterocycles. The second-order valence-corrected chi connectivity index (χ2v) is 26.0. The Morgan fingerprint density at radius 3 is 0.951 bits per heavy atom. The number of hydrogen-bond acceptors (Lipinski definition) is 15. The van der Waals surface area contributed by atoms with E-state index < -0.39 is 117 Å². The zero-order valence-electron chi connectivity index (χ0n) is 57.2. The van der Waals surface area contributed by atoms with Crippen LogP contribution in [-0.2, 0) is 95.4 Å². The molecule has 5 aliphatic rings. The highest BCUT2D eigenvalue weighted by Crippen LogP contribution is 2.56. The molecule has 6 aromatic rings. The van der Waals surface area contributed by atoms with Crippen molar-refractivity contribution in [3.8, 4) is 12.1 Å². The van der Waals surface area contributed by atoms with Gasteiger partial charge in [0, 0.05) is 107 Å². The molecule has 5 fully saturated rings. The molecule has 0 spiro atoms. The number of alkyl halides is 6. The SMILES string of the molecule is COC(=O)C1(c2ccc(F)cc2)CC(=O)C1.COC(=O)C1(c2ccc(F)cc2)CC(F)(F)C1.COC(CBr)(CBr)OC.COC1(OC)CC(C#N)(c2ccc(F)cc2)C1.COC1(OC)CC(C(=O)O)(c2ccc(F)cc2)C1.N#CCc1ccc(F)cc1.O=C(O)C1(c2ccc(F)cc2)CC(F)(F)C1. The molecule has 0 saturated heterocycles. The predicted molar refractivity (Wildman–Crippen MR) is 360 cm³/mol. The van der Waals surface area contributed by atoms with Gasteiger partial charge in [0.05, 0.1) is 48.9 Å². The Kier molecular flexibility index (Phi) is 29.9. The molecule has 6 aromatic carbocycles. The number of nitriles is 2. The summed E-state index contributed by atoms with van der Waals surface area (Å²) in [5, 5.41) is 37.3. The summed E-state index contributed by atoms with van der Waals surface area (Å²) < 4.78 is 168. The van der Waals surface area contributed by atoms with E-state index in [4.69, 9.17) is 43.5 Å². The number of ether oxygens (including phenoxy) is 8. The van der Waals surface area contributed by atoms with Gasteiger partial charge in [-0.3, -0.25) is 24.0 Å². The van der Waals surface area contributed by atoms with Crippen LogP contribution in [0, 0.1) is 57.6 Å². The molecule has 556 valence electrons. The molecule has 29 heteroatoms. The molecular weight excluding hydrogens is 1510 g/mol. The number of rotatable bonds is 18. The average Bonchev–Trinajstić information content (AvgIpc) is 0.746. The zero-order chi connectivity index (χ0) is 77.0. The molecule has 11 rings (SSSR count). The highest BCUT2D eigenvalue weighted by atomic mass is 79.9. The first kappa shape index (κ1) is 85.5. The number of methoxy groups -OCH3 is 8. The Bertz CT molecular complexity index is 3850. The number of carbonyl (C=O) groups is 5. The monoisotopic (exact) mass is 1580 g/mol. The first-order valence-electron chi connectivity index (χ1n) is 31.2. The van der Waals surface area contributed by atoms with E-state index in [9.17, 15) is 78.2 Å². The van der Waals surface area contributed by atoms with Gasteiger partial charge in [-0.2, -0.15) is 10.5 Å². The quantitative estimate of drug-likeness (QED) is 0.0351. The van der Waals surface area contributed by atoms with Gasteiger partial charge in [-0.05, 0) is 106 Å². The van der Waals surface area contributed by atoms with Crippen molar-refractivity contribution in [2.24, 2.45) is 0 Å². The van der Waals surface area contributed by atoms with Crippen LogP contribution in [0.25, 0.3) is 0 Å². The summed E-state index contributed by atoms with van der Waals surface area (Å²) in [7, 11) is 11.8. The van der Waals surface area contributed by atoms with Gasteiger partial charge in [0.25, 0.3) is 11.8 Å². The van der Waals surface area contributed by atoms with Gasteiger partial charge in [0.1, 0.15) is 62.3 Å². The van der Waals surface area contributed by atoms with E-state index in [1.165, 1.54) is 118 Å². The number of halogens is 12. The number of nitrogens with zero attached hydrogens (tertiary/aromatic N) is 2. The molecule has 17 nitrogen and oxygen atoms in total. The highest BCUT2D eigenvalue weighted by molar-refractivity contribution is 9.09. The summed E-state index contributed by atoms with van der Waals surface area (Å²) in [5.74, 6) is -13.5. The Hall–Kier alpha value is -8.13. The maximum absolute atomic E-state index is 13.0. The van der Waals surface area contributed by atoms with Crippen LogP contribution in [0.3, 0.4) is 0 Å². The number of aliphatic carboxylic acids is 2. The minimum Gasteiger partial charge on any atom is -0.481 e. The molecule has 103 heavy (non-hydrogen) atoms. The smallest absolute Gasteiger partial charge is 0.317 e. The van der Waals surface area contributed by atoms with Crippen LogP contribution in [0.5, 0.6) is 0 Å². The van der Waals surface area contributed by atoms with Crippen LogP contribution < -0.4 is 0 Å². The fourth-order valence-corrected chi connectivity index (χ4v) is 14.1. The molecule has 0 amide bonds. The molecule has 0 unspecified atom stereocenters. The van der Waals surface area contributed by atoms with Crippen molar-refractivity contribution in [2.75, 3.05) is 67.5 Å². The third-order valence-electron chi connectivity index (χ3n) is 18.5. The summed E-state index contributed by atoms with van der Waals surface area (Å²) in [5.41, 5.74) is -1.98. The summed E-state index contributed by atoms with van der Waals surface area (Å²) in [6.07, 6.45) is -0.609. The topological polar surface area (TPSA) is 247 Å². The van der Waals surface area contributed by atoms with Crippen LogP contribution in [0.2, 0.25) is 0 Å². The lowest BCUT2D eigenvalue weighted by atomic mass is 9.60. The molecular formula is C74H76Br2F10N2O15. The van der Waals surface area contributed by atoms with Gasteiger partial charge in [0.2, 0.25) is 0 Å². The number of benzene rings is 6. The Balaban J connectivity index is 0.000000219. The van der Waals surface area contributed by atoms with Crippen molar-refractivity contribution < 1.29 is 116 Å². The van der Waals surface area contributed by atoms with Crippen molar-refractivity contribution in [2.45, 2.75) is 127 Å². The van der Waals surface area contributed by atoms with Crippen molar-refractivity contribution >= 4 is 61.5 Å². The number of esters is 2. The predicted octanol–water partition coefficient (Wildman–Crippen LogP) is 14.8. The fourth-order valence-electron chi connectivity index (χ4n) is 12.3. The molecule has 5 saturated carbocycles. The molecule has 0 aromatic heterocycles. The molecule has 0 bridgehead atoms. The zero-order valence-corrected chi connectivity index (χ0v) is 60.4. The van der Waals surface area contributed by atoms with E-state index >= 15 is 0 Å². The third kappa shape index (κ3) is 20.2. The van der Waals surface area contributed by atoms with Crippen LogP contribution in [0.4, 0.5) is 43.9 Å². The van der Waals surface area contributed by atoms with Gasteiger partial charge in [-0.25, -0.2) is 43.9 Å². The van der Waals surface area contributed by atoms with Crippen LogP contribution in [-0.4, -0.2) is 137 Å². The highest BCUT2D eigenvalue weighted by Gasteiger charge is 2.64. The van der Waals surface area contributed by atoms with Gasteiger partial charge in [0.15, 0.2) is 17.4 Å². The first-order chi connectivity index (χ1) is 48.5. The maximum atomic E-state index is 13.0. The Morgan fingerprint density at radius 1 is 0.427 bits per heavy atom. The van der Waals surface area contributed by atoms with Crippen LogP contribution in [0.15, 0.2) is 146 Å². The number of ketones is 1. The second-order valence-electron chi connectivity index (χ2n) is 24.9. The molecule has 0 aliphatic heterocycles. The van der Waals surface area contributed by atoms with E-state index in [1.54, 1.807) is 52.7 Å². The van der Waals surface area contributed by atoms with Gasteiger partial charge in [-0.1, -0.05) is 105 Å². The number of carboxylic acid groups (broad SMARTS) is 2. The maximum Gasteiger partial charge on any atom is 0.317 e. The van der Waals surface area contributed by atoms with E-state index in [1.807, 2.05) is 6.07 Å². The van der Waals surface area contributed by atoms with Crippen LogP contribution in [0.1, 0.15) is 97.6 Å². The number of Topliss-reactive ketones (excluding diaryl/α,β-unsaturated/α-hetero) is 1. The van der Waals surface area contributed by atoms with E-state index in [2.05, 4.69) is 42.7 Å². The van der Waals surface area contributed by atoms with Gasteiger partial charge < -0.3 is 48.1 Å². The van der Waals surface area contributed by atoms with Crippen molar-refractivity contribution in [1.82, 2.24) is 0 Å². The summed E-state index contributed by atoms with van der Waals surface area (Å²) in [6, 6.07) is 37.0. The standard InChI is InChI=1S/C13H14FNO2.C13H15FO4.C12H11F3O2.C12H11FO3.C11H9F3O2.C8H6FN.C5H10Br2O2/c1-16-13(17-2)7-12(8-13,9-15)10-3-5-11(14)6-4-10;1-17-13(18-2)7-12(8-13,11(15)16)9-3-5-10(14)6-4-9;1-17-10(16)11(6-12(14,15)7-11)8-2-4-9(13)5-3-8;1-16-11(15)12(6-10(14)7-12)8-2-4-9(13)5-3-8;12-8-3-1-7(2-4-8)10(9(15)16)5-11(13,14)6-10;9-8-3-1-7(2-4-8)5-6-10;1-8-5(3-6,4-7)9-2/h3-6H,7-8H2,1-2H3;3-6H,7-8H2,1-2H3,(H,15,16);2-5H,6-7H2,1H3;2-5H,6-7H2,1H3;1-4H,5-6H2,(H,15,16);1-4H,5H2;3-4H2,1-2H3. The number of carbonyl (C=O) groups excluding carboxylic acids is 3. The molecule has 2 N–H and O–H groups in total. The Morgan fingerprint density at radius 2 is 0.699 bits per heavy atom. The third-order valence-corrected chi connectivity index (χ3v) is 20.2. The molecule has 0 radical (unpaired) electrons. The number of hydrogen-bond donors (Lipinski definition) is 2. The number of carboxylic acids is 2. The first-order valence-corrected chi connectivity index (χ1v) is 33.4. The normalized spacial score (nSPS) is 18.2. The minimum atomic E-state index is -2.94.